The standard InChI is InChI=1S/C29H31ClN2O2S/c1-5-16-34-24-9-7-6-8-19(24)18-31-28-26(27(33)32-22-13-11-21(30)12-14-22)23-15-10-20(29(2,3)4)17-25(23)35-28/h5-9,11-14,18,20H,1,10,15-17H2,2-4H3,(H,32,33)/t20-/m0/s1. The molecule has 1 aliphatic carbocycles. The fourth-order valence-electron chi connectivity index (χ4n) is 4.36. The molecule has 1 amide bonds. The predicted octanol–water partition coefficient (Wildman–Crippen LogP) is 8.12. The maximum Gasteiger partial charge on any atom is 0.259 e. The highest BCUT2D eigenvalue weighted by Gasteiger charge is 2.33. The highest BCUT2D eigenvalue weighted by atomic mass is 35.5. The number of carbonyl (C=O) groups excluding carboxylic acids is 1. The lowest BCUT2D eigenvalue weighted by atomic mass is 9.72. The van der Waals surface area contributed by atoms with Crippen molar-refractivity contribution in [1.82, 2.24) is 0 Å². The number of benzene rings is 2. The minimum Gasteiger partial charge on any atom is -0.489 e. The Bertz CT molecular complexity index is 1240. The Labute approximate surface area is 216 Å². The van der Waals surface area contributed by atoms with Crippen molar-refractivity contribution in [3.8, 4) is 5.75 Å². The van der Waals surface area contributed by atoms with E-state index in [-0.39, 0.29) is 11.3 Å². The molecule has 0 saturated heterocycles. The molecule has 35 heavy (non-hydrogen) atoms. The average Bonchev–Trinajstić information content (AvgIpc) is 3.20. The molecule has 4 rings (SSSR count). The number of aliphatic imine (C=N–C) groups is 1. The van der Waals surface area contributed by atoms with Crippen LogP contribution in [0.1, 0.15) is 53.6 Å². The SMILES string of the molecule is C=CCOc1ccccc1C=Nc1sc2c(c1C(=O)Nc1ccc(Cl)cc1)CC[C@H](C(C)(C)C)C2. The fraction of sp³-hybridized carbons (Fsp3) is 0.310. The van der Waals surface area contributed by atoms with Crippen LogP contribution in [0.5, 0.6) is 5.75 Å². The summed E-state index contributed by atoms with van der Waals surface area (Å²) in [6.07, 6.45) is 6.42. The summed E-state index contributed by atoms with van der Waals surface area (Å²) < 4.78 is 5.78. The van der Waals surface area contributed by atoms with Crippen LogP contribution in [0.2, 0.25) is 5.02 Å². The number of amides is 1. The van der Waals surface area contributed by atoms with E-state index in [0.29, 0.717) is 28.8 Å². The molecule has 182 valence electrons. The van der Waals surface area contributed by atoms with Crippen molar-refractivity contribution in [2.24, 2.45) is 16.3 Å². The first kappa shape index (κ1) is 25.2. The number of halogens is 1. The van der Waals surface area contributed by atoms with Crippen molar-refractivity contribution in [2.75, 3.05) is 11.9 Å². The van der Waals surface area contributed by atoms with E-state index in [1.54, 1.807) is 35.8 Å². The van der Waals surface area contributed by atoms with Gasteiger partial charge in [-0.2, -0.15) is 0 Å². The van der Waals surface area contributed by atoms with Gasteiger partial charge in [0.05, 0.1) is 5.56 Å². The van der Waals surface area contributed by atoms with E-state index in [4.69, 9.17) is 21.3 Å². The summed E-state index contributed by atoms with van der Waals surface area (Å²) in [6.45, 7) is 11.0. The van der Waals surface area contributed by atoms with Crippen molar-refractivity contribution >= 4 is 45.7 Å². The lowest BCUT2D eigenvalue weighted by molar-refractivity contribution is 0.102. The number of ether oxygens (including phenoxy) is 1. The maximum atomic E-state index is 13.5. The summed E-state index contributed by atoms with van der Waals surface area (Å²) in [5.74, 6) is 1.17. The predicted molar refractivity (Wildman–Crippen MR) is 148 cm³/mol. The number of fused-ring (bicyclic) bond motifs is 1. The number of thiophene rings is 1. The van der Waals surface area contributed by atoms with Gasteiger partial charge in [-0.1, -0.05) is 57.2 Å². The molecule has 1 atom stereocenters. The molecule has 2 aromatic carbocycles. The van der Waals surface area contributed by atoms with E-state index in [1.807, 2.05) is 36.4 Å². The first-order valence-corrected chi connectivity index (χ1v) is 13.0. The van der Waals surface area contributed by atoms with Gasteiger partial charge in [-0.05, 0) is 72.6 Å². The number of hydrogen-bond donors (Lipinski definition) is 1. The van der Waals surface area contributed by atoms with E-state index < -0.39 is 0 Å². The molecule has 0 bridgehead atoms. The van der Waals surface area contributed by atoms with Gasteiger partial charge in [-0.3, -0.25) is 4.79 Å². The Morgan fingerprint density at radius 2 is 1.97 bits per heavy atom. The van der Waals surface area contributed by atoms with Crippen LogP contribution < -0.4 is 10.1 Å². The van der Waals surface area contributed by atoms with Crippen LogP contribution in [0, 0.1) is 11.3 Å². The number of anilines is 1. The molecule has 3 aromatic rings. The molecule has 0 fully saturated rings. The van der Waals surface area contributed by atoms with Gasteiger partial charge in [0.2, 0.25) is 0 Å². The zero-order valence-electron chi connectivity index (χ0n) is 20.4. The molecule has 0 aliphatic heterocycles. The Kier molecular flexibility index (Phi) is 7.78. The maximum absolute atomic E-state index is 13.5. The molecule has 0 radical (unpaired) electrons. The summed E-state index contributed by atoms with van der Waals surface area (Å²) in [7, 11) is 0. The van der Waals surface area contributed by atoms with Crippen LogP contribution in [0.15, 0.2) is 66.2 Å². The highest BCUT2D eigenvalue weighted by Crippen LogP contribution is 2.45. The molecule has 0 spiro atoms. The van der Waals surface area contributed by atoms with Crippen LogP contribution in [0.4, 0.5) is 10.7 Å². The number of rotatable bonds is 7. The van der Waals surface area contributed by atoms with Crippen LogP contribution in [0.25, 0.3) is 0 Å². The number of nitrogens with zero attached hydrogens (tertiary/aromatic N) is 1. The zero-order valence-corrected chi connectivity index (χ0v) is 22.0. The van der Waals surface area contributed by atoms with Gasteiger partial charge in [0, 0.05) is 27.4 Å². The van der Waals surface area contributed by atoms with Crippen LogP contribution in [-0.2, 0) is 12.8 Å². The summed E-state index contributed by atoms with van der Waals surface area (Å²) in [5.41, 5.74) is 3.59. The molecule has 1 aliphatic rings. The van der Waals surface area contributed by atoms with E-state index in [1.165, 1.54) is 4.88 Å². The fourth-order valence-corrected chi connectivity index (χ4v) is 5.75. The first-order valence-electron chi connectivity index (χ1n) is 11.8. The molecule has 1 aromatic heterocycles. The minimum atomic E-state index is -0.137. The van der Waals surface area contributed by atoms with Gasteiger partial charge < -0.3 is 10.1 Å². The lowest BCUT2D eigenvalue weighted by Gasteiger charge is -2.33. The molecular weight excluding hydrogens is 476 g/mol. The third-order valence-corrected chi connectivity index (χ3v) is 7.81. The highest BCUT2D eigenvalue weighted by molar-refractivity contribution is 7.16. The van der Waals surface area contributed by atoms with E-state index in [2.05, 4.69) is 32.7 Å². The second-order valence-electron chi connectivity index (χ2n) is 9.85. The molecular formula is C29H31ClN2O2S. The second kappa shape index (κ2) is 10.8. The van der Waals surface area contributed by atoms with Crippen molar-refractivity contribution in [3.05, 3.63) is 87.8 Å². The van der Waals surface area contributed by atoms with Crippen molar-refractivity contribution in [1.29, 1.82) is 0 Å². The normalized spacial score (nSPS) is 15.6. The molecule has 0 saturated carbocycles. The zero-order chi connectivity index (χ0) is 25.0. The average molecular weight is 507 g/mol. The van der Waals surface area contributed by atoms with Gasteiger partial charge in [-0.15, -0.1) is 11.3 Å². The van der Waals surface area contributed by atoms with E-state index in [9.17, 15) is 4.79 Å². The summed E-state index contributed by atoms with van der Waals surface area (Å²) in [6, 6.07) is 14.9. The molecule has 0 unspecified atom stereocenters. The van der Waals surface area contributed by atoms with Crippen molar-refractivity contribution < 1.29 is 9.53 Å². The van der Waals surface area contributed by atoms with Gasteiger partial charge in [0.25, 0.3) is 5.91 Å². The number of nitrogens with one attached hydrogen (secondary N) is 1. The monoisotopic (exact) mass is 506 g/mol. The van der Waals surface area contributed by atoms with Gasteiger partial charge >= 0.3 is 0 Å². The topological polar surface area (TPSA) is 50.7 Å². The Morgan fingerprint density at radius 1 is 1.23 bits per heavy atom. The number of hydrogen-bond acceptors (Lipinski definition) is 4. The number of para-hydroxylation sites is 1. The third kappa shape index (κ3) is 6.03. The summed E-state index contributed by atoms with van der Waals surface area (Å²) in [4.78, 5) is 19.6. The van der Waals surface area contributed by atoms with Crippen molar-refractivity contribution in [3.63, 3.8) is 0 Å². The molecule has 6 heteroatoms. The quantitative estimate of drug-likeness (QED) is 0.260. The van der Waals surface area contributed by atoms with E-state index in [0.717, 1.165) is 41.1 Å². The molecule has 1 N–H and O–H groups in total. The van der Waals surface area contributed by atoms with Crippen LogP contribution in [-0.4, -0.2) is 18.7 Å². The van der Waals surface area contributed by atoms with Crippen LogP contribution >= 0.6 is 22.9 Å². The Hall–Kier alpha value is -2.89. The van der Waals surface area contributed by atoms with Gasteiger partial charge in [0.15, 0.2) is 0 Å². The van der Waals surface area contributed by atoms with Gasteiger partial charge in [0.1, 0.15) is 17.4 Å². The third-order valence-electron chi connectivity index (χ3n) is 6.40. The Morgan fingerprint density at radius 3 is 2.69 bits per heavy atom. The smallest absolute Gasteiger partial charge is 0.259 e. The summed E-state index contributed by atoms with van der Waals surface area (Å²) >= 11 is 7.65. The minimum absolute atomic E-state index is 0.137. The first-order chi connectivity index (χ1) is 16.8. The molecule has 4 nitrogen and oxygen atoms in total. The van der Waals surface area contributed by atoms with Crippen molar-refractivity contribution in [2.45, 2.75) is 40.0 Å². The van der Waals surface area contributed by atoms with Crippen LogP contribution in [0.3, 0.4) is 0 Å². The van der Waals surface area contributed by atoms with E-state index >= 15 is 0 Å². The summed E-state index contributed by atoms with van der Waals surface area (Å²) in [5, 5.41) is 4.40. The lowest BCUT2D eigenvalue weighted by Crippen LogP contribution is -2.27. The second-order valence-corrected chi connectivity index (χ2v) is 11.4. The Balaban J connectivity index is 1.70. The van der Waals surface area contributed by atoms with Gasteiger partial charge in [-0.25, -0.2) is 4.99 Å². The largest absolute Gasteiger partial charge is 0.489 e. The molecule has 1 heterocycles. The number of carbonyl (C=O) groups is 1.